The van der Waals surface area contributed by atoms with Crippen molar-refractivity contribution in [1.82, 2.24) is 0 Å². The van der Waals surface area contributed by atoms with Gasteiger partial charge in [-0.3, -0.25) is 0 Å². The van der Waals surface area contributed by atoms with Gasteiger partial charge in [0.15, 0.2) is 11.5 Å². The van der Waals surface area contributed by atoms with Crippen molar-refractivity contribution >= 4 is 30.1 Å². The summed E-state index contributed by atoms with van der Waals surface area (Å²) in [7, 11) is 1.35. The Kier molecular flexibility index (Phi) is 8.53. The van der Waals surface area contributed by atoms with Crippen LogP contribution in [0.4, 0.5) is 0 Å². The fraction of sp³-hybridized carbons (Fsp3) is 0.269. The Morgan fingerprint density at radius 2 is 1.54 bits per heavy atom. The number of carbonyl (C=O) groups is 3. The molecular formula is C26H26O11. The molecular weight excluding hydrogens is 488 g/mol. The van der Waals surface area contributed by atoms with Crippen LogP contribution in [0, 0.1) is 0 Å². The first-order valence-electron chi connectivity index (χ1n) is 11.1. The molecule has 11 heteroatoms. The monoisotopic (exact) mass is 514 g/mol. The van der Waals surface area contributed by atoms with Gasteiger partial charge in [0, 0.05) is 25.0 Å². The van der Waals surface area contributed by atoms with Gasteiger partial charge in [0.1, 0.15) is 18.0 Å². The number of methoxy groups -OCH3 is 1. The molecule has 0 aromatic heterocycles. The minimum atomic E-state index is -2.28. The van der Waals surface area contributed by atoms with Gasteiger partial charge in [0.05, 0.1) is 13.2 Å². The lowest BCUT2D eigenvalue weighted by Gasteiger charge is -2.41. The van der Waals surface area contributed by atoms with E-state index in [1.807, 2.05) is 0 Å². The van der Waals surface area contributed by atoms with Crippen LogP contribution in [0.2, 0.25) is 0 Å². The van der Waals surface area contributed by atoms with E-state index in [0.29, 0.717) is 11.1 Å². The zero-order chi connectivity index (χ0) is 27.2. The van der Waals surface area contributed by atoms with Crippen LogP contribution in [0.25, 0.3) is 12.2 Å². The number of phenols is 2. The molecule has 0 heterocycles. The summed E-state index contributed by atoms with van der Waals surface area (Å²) < 4.78 is 15.4. The number of hydrogen-bond donors (Lipinski definition) is 5. The van der Waals surface area contributed by atoms with Crippen LogP contribution >= 0.6 is 0 Å². The highest BCUT2D eigenvalue weighted by molar-refractivity contribution is 5.91. The lowest BCUT2D eigenvalue weighted by atomic mass is 9.79. The zero-order valence-corrected chi connectivity index (χ0v) is 19.7. The molecule has 1 fully saturated rings. The fourth-order valence-corrected chi connectivity index (χ4v) is 3.78. The third kappa shape index (κ3) is 6.87. The number of esters is 2. The van der Waals surface area contributed by atoms with E-state index in [1.54, 1.807) is 0 Å². The summed E-state index contributed by atoms with van der Waals surface area (Å²) in [5.41, 5.74) is -1.27. The largest absolute Gasteiger partial charge is 0.508 e. The molecule has 5 N–H and O–H groups in total. The molecule has 1 saturated carbocycles. The fourth-order valence-electron chi connectivity index (χ4n) is 3.78. The van der Waals surface area contributed by atoms with Crippen molar-refractivity contribution in [2.75, 3.05) is 7.11 Å². The number of phenolic OH excluding ortho intramolecular Hbond substituents is 2. The molecule has 37 heavy (non-hydrogen) atoms. The van der Waals surface area contributed by atoms with Crippen LogP contribution in [0.15, 0.2) is 54.6 Å². The summed E-state index contributed by atoms with van der Waals surface area (Å²) in [6.07, 6.45) is -1.34. The zero-order valence-electron chi connectivity index (χ0n) is 19.7. The number of ether oxygens (including phenoxy) is 3. The number of aliphatic hydroxyl groups is 2. The molecule has 0 saturated heterocycles. The summed E-state index contributed by atoms with van der Waals surface area (Å²) >= 11 is 0. The summed E-state index contributed by atoms with van der Waals surface area (Å²) in [6.45, 7) is 0. The first-order chi connectivity index (χ1) is 17.5. The molecule has 11 nitrogen and oxygen atoms in total. The predicted octanol–water partition coefficient (Wildman–Crippen LogP) is 1.63. The second-order valence-electron chi connectivity index (χ2n) is 8.35. The molecule has 0 spiro atoms. The Labute approximate surface area is 211 Å². The van der Waals surface area contributed by atoms with E-state index in [-0.39, 0.29) is 17.2 Å². The number of aliphatic carboxylic acids is 1. The van der Waals surface area contributed by atoms with Crippen molar-refractivity contribution in [3.05, 3.63) is 65.7 Å². The minimum Gasteiger partial charge on any atom is -0.508 e. The van der Waals surface area contributed by atoms with Gasteiger partial charge in [-0.1, -0.05) is 18.2 Å². The first kappa shape index (κ1) is 27.2. The topological polar surface area (TPSA) is 180 Å². The molecule has 2 aromatic rings. The van der Waals surface area contributed by atoms with Crippen LogP contribution in [0.5, 0.6) is 17.2 Å². The van der Waals surface area contributed by atoms with Gasteiger partial charge in [-0.2, -0.15) is 0 Å². The highest BCUT2D eigenvalue weighted by Gasteiger charge is 2.54. The number of carboxylic acid groups (broad SMARTS) is 1. The van der Waals surface area contributed by atoms with E-state index >= 15 is 0 Å². The molecule has 4 atom stereocenters. The van der Waals surface area contributed by atoms with E-state index in [2.05, 4.69) is 0 Å². The molecule has 2 aromatic carbocycles. The number of rotatable bonds is 8. The van der Waals surface area contributed by atoms with Crippen molar-refractivity contribution < 1.29 is 54.1 Å². The Bertz CT molecular complexity index is 1200. The second kappa shape index (κ2) is 11.6. The Morgan fingerprint density at radius 1 is 0.919 bits per heavy atom. The number of benzene rings is 2. The molecule has 0 unspecified atom stereocenters. The van der Waals surface area contributed by atoms with Crippen molar-refractivity contribution in [1.29, 1.82) is 0 Å². The highest BCUT2D eigenvalue weighted by atomic mass is 16.6. The standard InChI is InChI=1S/C26H26O11/c1-35-20-12-16(4-9-18(20)28)6-11-23(31)37-26(25(33)34)13-19(29)24(32)21(14-26)36-22(30)10-5-15-2-7-17(27)8-3-15/h2-12,19,21,24,27-29,32H,13-14H2,1H3,(H,33,34)/b10-5+,11-6+/t19-,21+,24+,26-/m1/s1. The van der Waals surface area contributed by atoms with Gasteiger partial charge in [0.25, 0.3) is 0 Å². The molecule has 3 rings (SSSR count). The number of carbonyl (C=O) groups excluding carboxylic acids is 2. The maximum absolute atomic E-state index is 12.5. The van der Waals surface area contributed by atoms with Crippen LogP contribution in [-0.4, -0.2) is 74.5 Å². The van der Waals surface area contributed by atoms with Crippen molar-refractivity contribution in [2.45, 2.75) is 36.8 Å². The first-order valence-corrected chi connectivity index (χ1v) is 11.1. The second-order valence-corrected chi connectivity index (χ2v) is 8.35. The molecule has 0 amide bonds. The van der Waals surface area contributed by atoms with Crippen molar-refractivity contribution in [3.63, 3.8) is 0 Å². The smallest absolute Gasteiger partial charge is 0.348 e. The van der Waals surface area contributed by atoms with Gasteiger partial charge in [-0.15, -0.1) is 0 Å². The van der Waals surface area contributed by atoms with Crippen molar-refractivity contribution in [3.8, 4) is 17.2 Å². The Hall–Kier alpha value is -4.35. The number of aliphatic hydroxyl groups excluding tert-OH is 2. The molecule has 1 aliphatic rings. The van der Waals surface area contributed by atoms with Gasteiger partial charge in [0.2, 0.25) is 5.60 Å². The quantitative estimate of drug-likeness (QED) is 0.255. The average molecular weight is 514 g/mol. The van der Waals surface area contributed by atoms with Gasteiger partial charge < -0.3 is 39.7 Å². The van der Waals surface area contributed by atoms with Crippen LogP contribution in [0.3, 0.4) is 0 Å². The SMILES string of the molecule is COc1cc(/C=C/C(=O)O[C@]2(C(=O)O)C[C@@H](O)[C@H](O)[C@@H](OC(=O)/C=C/c3ccc(O)cc3)C2)ccc1O. The van der Waals surface area contributed by atoms with E-state index in [4.69, 9.17) is 14.2 Å². The van der Waals surface area contributed by atoms with Crippen LogP contribution < -0.4 is 4.74 Å². The van der Waals surface area contributed by atoms with Gasteiger partial charge >= 0.3 is 17.9 Å². The average Bonchev–Trinajstić information content (AvgIpc) is 2.86. The Balaban J connectivity index is 1.72. The summed E-state index contributed by atoms with van der Waals surface area (Å²) in [6, 6.07) is 10.2. The van der Waals surface area contributed by atoms with E-state index in [1.165, 1.54) is 61.7 Å². The molecule has 1 aliphatic carbocycles. The summed E-state index contributed by atoms with van der Waals surface area (Å²) in [5, 5.41) is 49.4. The van der Waals surface area contributed by atoms with E-state index in [9.17, 15) is 39.9 Å². The van der Waals surface area contributed by atoms with Gasteiger partial charge in [-0.25, -0.2) is 14.4 Å². The molecule has 0 aliphatic heterocycles. The van der Waals surface area contributed by atoms with Crippen LogP contribution in [0.1, 0.15) is 24.0 Å². The molecule has 196 valence electrons. The van der Waals surface area contributed by atoms with Gasteiger partial charge in [-0.05, 0) is 47.5 Å². The third-order valence-corrected chi connectivity index (χ3v) is 5.72. The number of carboxylic acids is 1. The predicted molar refractivity (Wildman–Crippen MR) is 128 cm³/mol. The normalized spacial score (nSPS) is 23.6. The Morgan fingerprint density at radius 3 is 2.19 bits per heavy atom. The minimum absolute atomic E-state index is 0.0382. The maximum Gasteiger partial charge on any atom is 0.348 e. The maximum atomic E-state index is 12.5. The number of hydrogen-bond acceptors (Lipinski definition) is 10. The highest BCUT2D eigenvalue weighted by Crippen LogP contribution is 2.35. The van der Waals surface area contributed by atoms with Crippen LogP contribution in [-0.2, 0) is 23.9 Å². The molecule has 0 radical (unpaired) electrons. The molecule has 0 bridgehead atoms. The number of aromatic hydroxyl groups is 2. The summed E-state index contributed by atoms with van der Waals surface area (Å²) in [5.74, 6) is -3.50. The summed E-state index contributed by atoms with van der Waals surface area (Å²) in [4.78, 5) is 36.9. The van der Waals surface area contributed by atoms with E-state index in [0.717, 1.165) is 12.2 Å². The third-order valence-electron chi connectivity index (χ3n) is 5.72. The van der Waals surface area contributed by atoms with Crippen molar-refractivity contribution in [2.24, 2.45) is 0 Å². The lowest BCUT2D eigenvalue weighted by molar-refractivity contribution is -0.207. The van der Waals surface area contributed by atoms with E-state index < -0.39 is 54.7 Å². The lowest BCUT2D eigenvalue weighted by Crippen LogP contribution is -2.58.